The van der Waals surface area contributed by atoms with Crippen molar-refractivity contribution in [3.05, 3.63) is 121 Å². The second-order valence-corrected chi connectivity index (χ2v) is 18.0. The fraction of sp³-hybridized carbons (Fsp3) is 0.143. The molecule has 0 bridgehead atoms. The summed E-state index contributed by atoms with van der Waals surface area (Å²) in [6.45, 7) is 0. The second kappa shape index (κ2) is 10.6. The Morgan fingerprint density at radius 3 is 1.18 bits per heavy atom. The first-order valence-corrected chi connectivity index (χ1v) is 15.5. The van der Waals surface area contributed by atoms with Crippen LogP contribution in [0.5, 0.6) is 0 Å². The van der Waals surface area contributed by atoms with Gasteiger partial charge < -0.3 is 24.8 Å². The van der Waals surface area contributed by atoms with Crippen molar-refractivity contribution >= 4 is 35.7 Å². The Morgan fingerprint density at radius 2 is 0.818 bits per heavy atom. The van der Waals surface area contributed by atoms with E-state index in [2.05, 4.69) is 121 Å². The SMILES string of the molecule is [Cl-].[Cl-].[Ni+2].c1ccc([PH]2(c3ccccc3)CCC3C2[PH]3(c2ccccc2)c2ccccc2)cc1. The van der Waals surface area contributed by atoms with Gasteiger partial charge in [0.15, 0.2) is 0 Å². The van der Waals surface area contributed by atoms with Gasteiger partial charge in [-0.05, 0) is 0 Å². The summed E-state index contributed by atoms with van der Waals surface area (Å²) in [5, 5.41) is 7.43. The summed E-state index contributed by atoms with van der Waals surface area (Å²) in [5.74, 6) is 0. The number of fused-ring (bicyclic) bond motifs is 1. The van der Waals surface area contributed by atoms with Crippen LogP contribution in [-0.2, 0) is 16.5 Å². The van der Waals surface area contributed by atoms with Gasteiger partial charge in [0.1, 0.15) is 0 Å². The van der Waals surface area contributed by atoms with Crippen LogP contribution >= 0.6 is 14.5 Å². The van der Waals surface area contributed by atoms with Crippen molar-refractivity contribution in [3.63, 3.8) is 0 Å². The molecular formula is C28H28Cl2NiP2. The molecule has 4 aromatic rings. The van der Waals surface area contributed by atoms with Gasteiger partial charge in [0.25, 0.3) is 0 Å². The summed E-state index contributed by atoms with van der Waals surface area (Å²) in [4.78, 5) is 0. The van der Waals surface area contributed by atoms with E-state index in [-0.39, 0.29) is 41.3 Å². The Kier molecular flexibility index (Phi) is 8.49. The minimum absolute atomic E-state index is 0. The molecule has 2 fully saturated rings. The predicted molar refractivity (Wildman–Crippen MR) is 138 cm³/mol. The maximum absolute atomic E-state index is 2.44. The standard InChI is InChI=1S/C28H28P2.2ClH.Ni/c1-5-13-23(14-6-1)29(24-15-7-2-8-16-24)22-21-27-28(29)30(27,25-17-9-3-10-18-25)26-19-11-4-12-20-26;;;/h1-20,27-30H,21-22H2;2*1H;/q;;;+2/p-2. The number of rotatable bonds is 4. The predicted octanol–water partition coefficient (Wildman–Crippen LogP) is -1.09. The average Bonchev–Trinajstić information content (AvgIpc) is 3.35. The van der Waals surface area contributed by atoms with Crippen LogP contribution in [-0.4, -0.2) is 17.2 Å². The van der Waals surface area contributed by atoms with Crippen molar-refractivity contribution in [2.45, 2.75) is 17.5 Å². The zero-order valence-electron chi connectivity index (χ0n) is 18.2. The van der Waals surface area contributed by atoms with E-state index in [0.29, 0.717) is 0 Å². The normalized spacial score (nSPS) is 22.8. The van der Waals surface area contributed by atoms with E-state index in [9.17, 15) is 0 Å². The fourth-order valence-corrected chi connectivity index (χ4v) is 25.3. The van der Waals surface area contributed by atoms with Gasteiger partial charge in [-0.15, -0.1) is 0 Å². The molecule has 0 amide bonds. The molecule has 174 valence electrons. The van der Waals surface area contributed by atoms with E-state index in [0.717, 1.165) is 11.1 Å². The summed E-state index contributed by atoms with van der Waals surface area (Å²) in [5.41, 5.74) is 0.870. The first-order chi connectivity index (χ1) is 14.9. The number of halogens is 2. The topological polar surface area (TPSA) is 0 Å². The summed E-state index contributed by atoms with van der Waals surface area (Å²) in [7, 11) is -3.64. The van der Waals surface area contributed by atoms with Crippen molar-refractivity contribution in [2.75, 3.05) is 6.16 Å². The van der Waals surface area contributed by atoms with Crippen LogP contribution in [0.2, 0.25) is 0 Å². The van der Waals surface area contributed by atoms with Crippen molar-refractivity contribution in [3.8, 4) is 0 Å². The molecule has 0 nitrogen and oxygen atoms in total. The third-order valence-corrected chi connectivity index (χ3v) is 21.6. The van der Waals surface area contributed by atoms with Crippen LogP contribution in [0.25, 0.3) is 0 Å². The molecule has 2 unspecified atom stereocenters. The molecule has 0 aromatic heterocycles. The van der Waals surface area contributed by atoms with Crippen LogP contribution in [0.3, 0.4) is 0 Å². The monoisotopic (exact) mass is 554 g/mol. The average molecular weight is 556 g/mol. The summed E-state index contributed by atoms with van der Waals surface area (Å²) in [6.07, 6.45) is 2.78. The molecule has 2 heterocycles. The van der Waals surface area contributed by atoms with E-state index in [1.165, 1.54) is 12.6 Å². The van der Waals surface area contributed by atoms with Gasteiger partial charge in [-0.2, -0.15) is 0 Å². The van der Waals surface area contributed by atoms with Gasteiger partial charge in [-0.1, -0.05) is 0 Å². The zero-order valence-corrected chi connectivity index (χ0v) is 22.7. The van der Waals surface area contributed by atoms with Gasteiger partial charge in [0.05, 0.1) is 0 Å². The molecule has 2 atom stereocenters. The Balaban J connectivity index is 0.00000102. The van der Waals surface area contributed by atoms with E-state index >= 15 is 0 Å². The van der Waals surface area contributed by atoms with Crippen LogP contribution in [0, 0.1) is 0 Å². The van der Waals surface area contributed by atoms with Crippen molar-refractivity contribution < 1.29 is 41.3 Å². The van der Waals surface area contributed by atoms with E-state index < -0.39 is 14.5 Å². The first kappa shape index (κ1) is 26.4. The molecule has 0 aliphatic carbocycles. The van der Waals surface area contributed by atoms with Gasteiger partial charge in [-0.25, -0.2) is 0 Å². The third-order valence-electron chi connectivity index (χ3n) is 7.83. The Hall–Kier alpha value is -1.19. The molecule has 0 saturated carbocycles. The van der Waals surface area contributed by atoms with Crippen LogP contribution in [0.1, 0.15) is 6.42 Å². The number of benzene rings is 4. The number of hydrogen-bond acceptors (Lipinski definition) is 0. The van der Waals surface area contributed by atoms with Gasteiger partial charge >= 0.3 is 197 Å². The molecule has 33 heavy (non-hydrogen) atoms. The van der Waals surface area contributed by atoms with Gasteiger partial charge in [0.2, 0.25) is 0 Å². The second-order valence-electron chi connectivity index (χ2n) is 8.93. The van der Waals surface area contributed by atoms with E-state index in [1.807, 2.05) is 0 Å². The Morgan fingerprint density at radius 1 is 0.485 bits per heavy atom. The molecule has 0 N–H and O–H groups in total. The molecule has 2 aliphatic rings. The third kappa shape index (κ3) is 3.92. The maximum atomic E-state index is 2.44. The fourth-order valence-electron chi connectivity index (χ4n) is 6.79. The molecular weight excluding hydrogens is 528 g/mol. The molecule has 2 saturated heterocycles. The Labute approximate surface area is 221 Å². The molecule has 6 rings (SSSR count). The zero-order chi connectivity index (χ0) is 20.0. The first-order valence-electron chi connectivity index (χ1n) is 11.1. The molecule has 0 spiro atoms. The van der Waals surface area contributed by atoms with Gasteiger partial charge in [-0.3, -0.25) is 0 Å². The molecule has 0 radical (unpaired) electrons. The van der Waals surface area contributed by atoms with Crippen LogP contribution in [0.4, 0.5) is 0 Å². The molecule has 2 aliphatic heterocycles. The molecule has 4 aromatic carbocycles. The van der Waals surface area contributed by atoms with Crippen LogP contribution in [0.15, 0.2) is 121 Å². The Bertz CT molecular complexity index is 1080. The molecule has 5 heteroatoms. The summed E-state index contributed by atoms with van der Waals surface area (Å²) in [6, 6.07) is 46.3. The van der Waals surface area contributed by atoms with Gasteiger partial charge in [0, 0.05) is 0 Å². The summed E-state index contributed by atoms with van der Waals surface area (Å²) >= 11 is 0. The van der Waals surface area contributed by atoms with Crippen molar-refractivity contribution in [1.82, 2.24) is 0 Å². The van der Waals surface area contributed by atoms with Crippen LogP contribution < -0.4 is 46.0 Å². The number of hydrogen-bond donors (Lipinski definition) is 0. The minimum atomic E-state index is -1.85. The van der Waals surface area contributed by atoms with E-state index in [4.69, 9.17) is 0 Å². The van der Waals surface area contributed by atoms with Crippen molar-refractivity contribution in [1.29, 1.82) is 0 Å². The van der Waals surface area contributed by atoms with Crippen molar-refractivity contribution in [2.24, 2.45) is 0 Å². The quantitative estimate of drug-likeness (QED) is 0.222. The summed E-state index contributed by atoms with van der Waals surface area (Å²) < 4.78 is 0. The van der Waals surface area contributed by atoms with E-state index in [1.54, 1.807) is 21.2 Å².